The van der Waals surface area contributed by atoms with Gasteiger partial charge >= 0.3 is 0 Å². The minimum atomic E-state index is -3.69. The second kappa shape index (κ2) is 7.51. The van der Waals surface area contributed by atoms with Crippen molar-refractivity contribution in [2.24, 2.45) is 5.14 Å². The molecule has 1 heterocycles. The van der Waals surface area contributed by atoms with E-state index in [1.54, 1.807) is 12.1 Å². The minimum absolute atomic E-state index is 0.122. The first-order valence-corrected chi connectivity index (χ1v) is 9.99. The molecule has 1 aliphatic heterocycles. The van der Waals surface area contributed by atoms with Gasteiger partial charge in [0.2, 0.25) is 10.0 Å². The topological polar surface area (TPSA) is 72.6 Å². The Hall–Kier alpha value is -1.63. The zero-order valence-corrected chi connectivity index (χ0v) is 14.6. The van der Waals surface area contributed by atoms with E-state index in [4.69, 9.17) is 9.88 Å². The van der Waals surface area contributed by atoms with Crippen molar-refractivity contribution in [1.29, 1.82) is 0 Å². The molecule has 0 aliphatic carbocycles. The fourth-order valence-corrected chi connectivity index (χ4v) is 3.68. The molecule has 130 valence electrons. The van der Waals surface area contributed by atoms with E-state index in [9.17, 15) is 8.42 Å². The number of benzene rings is 2. The van der Waals surface area contributed by atoms with E-state index in [-0.39, 0.29) is 4.90 Å². The van der Waals surface area contributed by atoms with Crippen molar-refractivity contribution in [3.8, 4) is 5.75 Å². The van der Waals surface area contributed by atoms with Crippen LogP contribution in [0, 0.1) is 0 Å². The first kappa shape index (κ1) is 17.2. The molecule has 2 N–H and O–H groups in total. The number of likely N-dealkylation sites (tertiary alicyclic amines) is 1. The van der Waals surface area contributed by atoms with Crippen LogP contribution in [-0.2, 0) is 10.0 Å². The third-order valence-electron chi connectivity index (χ3n) is 4.45. The summed E-state index contributed by atoms with van der Waals surface area (Å²) in [5.41, 5.74) is 0. The third kappa shape index (κ3) is 4.47. The van der Waals surface area contributed by atoms with Crippen molar-refractivity contribution in [2.45, 2.75) is 30.6 Å². The summed E-state index contributed by atoms with van der Waals surface area (Å²) in [7, 11) is -3.69. The highest BCUT2D eigenvalue weighted by Gasteiger charge is 2.10. The van der Waals surface area contributed by atoms with Crippen molar-refractivity contribution < 1.29 is 13.2 Å². The van der Waals surface area contributed by atoms with Crippen LogP contribution >= 0.6 is 0 Å². The zero-order chi connectivity index (χ0) is 17.0. The molecule has 0 unspecified atom stereocenters. The van der Waals surface area contributed by atoms with Gasteiger partial charge in [0.25, 0.3) is 0 Å². The van der Waals surface area contributed by atoms with Gasteiger partial charge in [-0.25, -0.2) is 13.6 Å². The minimum Gasteiger partial charge on any atom is -0.494 e. The van der Waals surface area contributed by atoms with Crippen LogP contribution in [0.1, 0.15) is 25.7 Å². The van der Waals surface area contributed by atoms with E-state index in [0.29, 0.717) is 6.61 Å². The van der Waals surface area contributed by atoms with Crippen molar-refractivity contribution in [3.63, 3.8) is 0 Å². The fourth-order valence-electron chi connectivity index (χ4n) is 3.13. The smallest absolute Gasteiger partial charge is 0.238 e. The Balaban J connectivity index is 1.60. The molecular weight excluding hydrogens is 324 g/mol. The maximum Gasteiger partial charge on any atom is 0.238 e. The number of hydrogen-bond acceptors (Lipinski definition) is 4. The van der Waals surface area contributed by atoms with Crippen LogP contribution in [0.15, 0.2) is 41.3 Å². The summed E-state index contributed by atoms with van der Waals surface area (Å²) in [4.78, 5) is 2.61. The number of nitrogens with zero attached hydrogens (tertiary/aromatic N) is 1. The van der Waals surface area contributed by atoms with Gasteiger partial charge in [-0.05, 0) is 67.4 Å². The lowest BCUT2D eigenvalue weighted by molar-refractivity contribution is 0.205. The number of nitrogens with two attached hydrogens (primary N) is 1. The molecule has 0 aromatic heterocycles. The maximum atomic E-state index is 11.5. The van der Waals surface area contributed by atoms with E-state index in [2.05, 4.69) is 4.90 Å². The molecule has 1 fully saturated rings. The lowest BCUT2D eigenvalue weighted by atomic mass is 10.1. The monoisotopic (exact) mass is 348 g/mol. The van der Waals surface area contributed by atoms with E-state index < -0.39 is 10.0 Å². The first-order chi connectivity index (χ1) is 11.5. The van der Waals surface area contributed by atoms with Crippen LogP contribution in [-0.4, -0.2) is 39.6 Å². The normalized spacial score (nSPS) is 16.4. The molecule has 0 spiro atoms. The molecule has 0 amide bonds. The molecule has 2 aromatic carbocycles. The standard InChI is InChI=1S/C18H24N2O3S/c19-24(21,22)18-8-6-15-5-7-17(13-16(15)14-18)23-12-4-11-20-9-2-1-3-10-20/h5-8,13-14H,1-4,9-12H2,(H2,19,21,22). The molecule has 6 heteroatoms. The predicted molar refractivity (Wildman–Crippen MR) is 95.7 cm³/mol. The van der Waals surface area contributed by atoms with Crippen LogP contribution in [0.4, 0.5) is 0 Å². The average Bonchev–Trinajstić information content (AvgIpc) is 2.58. The molecule has 0 radical (unpaired) electrons. The molecule has 0 saturated carbocycles. The number of piperidine rings is 1. The number of sulfonamides is 1. The summed E-state index contributed by atoms with van der Waals surface area (Å²) in [6, 6.07) is 10.6. The summed E-state index contributed by atoms with van der Waals surface area (Å²) in [5, 5.41) is 6.97. The number of primary sulfonamides is 1. The molecular formula is C18H24N2O3S. The quantitative estimate of drug-likeness (QED) is 0.815. The molecule has 3 rings (SSSR count). The van der Waals surface area contributed by atoms with Gasteiger partial charge in [-0.3, -0.25) is 0 Å². The summed E-state index contributed by atoms with van der Waals surface area (Å²) >= 11 is 0. The lowest BCUT2D eigenvalue weighted by Gasteiger charge is -2.26. The largest absolute Gasteiger partial charge is 0.494 e. The average molecular weight is 348 g/mol. The molecule has 1 aliphatic rings. The van der Waals surface area contributed by atoms with Crippen LogP contribution < -0.4 is 9.88 Å². The van der Waals surface area contributed by atoms with Crippen LogP contribution in [0.5, 0.6) is 5.75 Å². The number of hydrogen-bond donors (Lipinski definition) is 1. The Morgan fingerprint density at radius 3 is 2.50 bits per heavy atom. The zero-order valence-electron chi connectivity index (χ0n) is 13.8. The Labute approximate surface area is 143 Å². The van der Waals surface area contributed by atoms with Gasteiger partial charge in [0.1, 0.15) is 5.75 Å². The fraction of sp³-hybridized carbons (Fsp3) is 0.444. The van der Waals surface area contributed by atoms with E-state index >= 15 is 0 Å². The lowest BCUT2D eigenvalue weighted by Crippen LogP contribution is -2.31. The van der Waals surface area contributed by atoms with Gasteiger partial charge in [0.15, 0.2) is 0 Å². The second-order valence-corrected chi connectivity index (χ2v) is 7.88. The highest BCUT2D eigenvalue weighted by molar-refractivity contribution is 7.89. The molecule has 5 nitrogen and oxygen atoms in total. The van der Waals surface area contributed by atoms with Crippen LogP contribution in [0.2, 0.25) is 0 Å². The highest BCUT2D eigenvalue weighted by Crippen LogP contribution is 2.23. The van der Waals surface area contributed by atoms with E-state index in [1.165, 1.54) is 38.4 Å². The van der Waals surface area contributed by atoms with Gasteiger partial charge in [-0.15, -0.1) is 0 Å². The molecule has 24 heavy (non-hydrogen) atoms. The Kier molecular flexibility index (Phi) is 5.38. The predicted octanol–water partition coefficient (Wildman–Crippen LogP) is 2.74. The first-order valence-electron chi connectivity index (χ1n) is 8.44. The highest BCUT2D eigenvalue weighted by atomic mass is 32.2. The van der Waals surface area contributed by atoms with Crippen molar-refractivity contribution in [3.05, 3.63) is 36.4 Å². The van der Waals surface area contributed by atoms with E-state index in [1.807, 2.05) is 18.2 Å². The van der Waals surface area contributed by atoms with Gasteiger partial charge in [-0.2, -0.15) is 0 Å². The number of fused-ring (bicyclic) bond motifs is 1. The Morgan fingerprint density at radius 2 is 1.75 bits per heavy atom. The molecule has 0 bridgehead atoms. The van der Waals surface area contributed by atoms with Crippen molar-refractivity contribution >= 4 is 20.8 Å². The molecule has 1 saturated heterocycles. The Morgan fingerprint density at radius 1 is 1.00 bits per heavy atom. The van der Waals surface area contributed by atoms with Crippen molar-refractivity contribution in [2.75, 3.05) is 26.2 Å². The van der Waals surface area contributed by atoms with E-state index in [0.717, 1.165) is 29.5 Å². The van der Waals surface area contributed by atoms with Gasteiger partial charge in [0, 0.05) is 6.54 Å². The second-order valence-electron chi connectivity index (χ2n) is 6.32. The van der Waals surface area contributed by atoms with Crippen LogP contribution in [0.3, 0.4) is 0 Å². The van der Waals surface area contributed by atoms with Crippen molar-refractivity contribution in [1.82, 2.24) is 4.90 Å². The van der Waals surface area contributed by atoms with Crippen LogP contribution in [0.25, 0.3) is 10.8 Å². The SMILES string of the molecule is NS(=O)(=O)c1ccc2ccc(OCCCN3CCCCC3)cc2c1. The summed E-state index contributed by atoms with van der Waals surface area (Å²) in [6.07, 6.45) is 4.95. The van der Waals surface area contributed by atoms with Gasteiger partial charge in [0.05, 0.1) is 11.5 Å². The maximum absolute atomic E-state index is 11.5. The molecule has 0 atom stereocenters. The molecule has 2 aromatic rings. The summed E-state index contributed by atoms with van der Waals surface area (Å²) in [6.45, 7) is 4.14. The summed E-state index contributed by atoms with van der Waals surface area (Å²) in [5.74, 6) is 0.757. The number of rotatable bonds is 6. The van der Waals surface area contributed by atoms with Gasteiger partial charge < -0.3 is 9.64 Å². The number of ether oxygens (including phenoxy) is 1. The summed E-state index contributed by atoms with van der Waals surface area (Å²) < 4.78 is 28.8. The third-order valence-corrected chi connectivity index (χ3v) is 5.36. The van der Waals surface area contributed by atoms with Gasteiger partial charge in [-0.1, -0.05) is 18.6 Å². The Bertz CT molecular complexity index is 799.